The summed E-state index contributed by atoms with van der Waals surface area (Å²) >= 11 is 0. The third kappa shape index (κ3) is 5.34. The van der Waals surface area contributed by atoms with E-state index in [0.29, 0.717) is 17.7 Å². The summed E-state index contributed by atoms with van der Waals surface area (Å²) in [6.07, 6.45) is -3.04. The molecule has 0 nitrogen and oxygen atoms in total. The van der Waals surface area contributed by atoms with E-state index in [0.717, 1.165) is 30.5 Å². The van der Waals surface area contributed by atoms with Crippen LogP contribution in [0.25, 0.3) is 28.3 Å². The Kier molecular flexibility index (Phi) is 6.53. The molecule has 0 atom stereocenters. The molecule has 0 bridgehead atoms. The quantitative estimate of drug-likeness (QED) is 0.353. The van der Waals surface area contributed by atoms with Crippen LogP contribution in [0.1, 0.15) is 24.5 Å². The van der Waals surface area contributed by atoms with Gasteiger partial charge >= 0.3 is 6.18 Å². The maximum Gasteiger partial charge on any atom is 0.409 e. The lowest BCUT2D eigenvalue weighted by atomic mass is 9.97. The molecule has 7 heteroatoms. The Morgan fingerprint density at radius 2 is 1.23 bits per heavy atom. The minimum atomic E-state index is -4.76. The van der Waals surface area contributed by atoms with Gasteiger partial charge in [-0.05, 0) is 59.0 Å². The van der Waals surface area contributed by atoms with E-state index in [1.165, 1.54) is 0 Å². The Hall–Kier alpha value is -3.09. The molecule has 0 fully saturated rings. The maximum absolute atomic E-state index is 14.7. The highest BCUT2D eigenvalue weighted by Crippen LogP contribution is 2.33. The highest BCUT2D eigenvalue weighted by atomic mass is 19.4. The van der Waals surface area contributed by atoms with Crippen LogP contribution in [0.3, 0.4) is 0 Å². The molecule has 0 saturated carbocycles. The smallest absolute Gasteiger partial charge is 0.206 e. The van der Waals surface area contributed by atoms with E-state index in [2.05, 4.69) is 0 Å². The molecule has 0 aromatic heterocycles. The van der Waals surface area contributed by atoms with Gasteiger partial charge in [0, 0.05) is 11.6 Å². The second kappa shape index (κ2) is 8.96. The lowest BCUT2D eigenvalue weighted by molar-refractivity contribution is -0.0790. The minimum Gasteiger partial charge on any atom is -0.206 e. The first-order valence-corrected chi connectivity index (χ1v) is 9.42. The molecule has 162 valence electrons. The van der Waals surface area contributed by atoms with Gasteiger partial charge in [-0.2, -0.15) is 13.2 Å². The predicted molar refractivity (Wildman–Crippen MR) is 106 cm³/mol. The van der Waals surface area contributed by atoms with Crippen LogP contribution in [-0.4, -0.2) is 6.18 Å². The monoisotopic (exact) mass is 438 g/mol. The number of halogens is 7. The largest absolute Gasteiger partial charge is 0.409 e. The molecule has 3 rings (SSSR count). The summed E-state index contributed by atoms with van der Waals surface area (Å²) in [5.41, 5.74) is -0.198. The molecule has 0 heterocycles. The highest BCUT2D eigenvalue weighted by Gasteiger charge is 2.23. The maximum atomic E-state index is 14.7. The Morgan fingerprint density at radius 3 is 1.71 bits per heavy atom. The Bertz CT molecular complexity index is 1060. The molecule has 0 aliphatic heterocycles. The van der Waals surface area contributed by atoms with Crippen molar-refractivity contribution < 1.29 is 30.7 Å². The first-order chi connectivity index (χ1) is 14.6. The third-order valence-electron chi connectivity index (χ3n) is 4.67. The summed E-state index contributed by atoms with van der Waals surface area (Å²) in [5, 5.41) is 0. The molecule has 3 aromatic carbocycles. The van der Waals surface area contributed by atoms with E-state index < -0.39 is 46.1 Å². The van der Waals surface area contributed by atoms with Crippen molar-refractivity contribution in [2.75, 3.05) is 0 Å². The highest BCUT2D eigenvalue weighted by molar-refractivity contribution is 5.73. The molecular formula is C24H17F7. The van der Waals surface area contributed by atoms with Crippen LogP contribution in [0.5, 0.6) is 0 Å². The average molecular weight is 438 g/mol. The fraction of sp³-hybridized carbons (Fsp3) is 0.167. The van der Waals surface area contributed by atoms with Crippen molar-refractivity contribution in [2.45, 2.75) is 25.9 Å². The van der Waals surface area contributed by atoms with E-state index in [-0.39, 0.29) is 17.7 Å². The van der Waals surface area contributed by atoms with Gasteiger partial charge < -0.3 is 0 Å². The summed E-state index contributed by atoms with van der Waals surface area (Å²) in [5.74, 6) is -4.84. The van der Waals surface area contributed by atoms with Gasteiger partial charge in [0.2, 0.25) is 0 Å². The van der Waals surface area contributed by atoms with E-state index >= 15 is 0 Å². The van der Waals surface area contributed by atoms with Crippen molar-refractivity contribution >= 4 is 6.08 Å². The Morgan fingerprint density at radius 1 is 0.710 bits per heavy atom. The topological polar surface area (TPSA) is 0 Å². The van der Waals surface area contributed by atoms with Crippen LogP contribution in [-0.2, 0) is 6.42 Å². The average Bonchev–Trinajstić information content (AvgIpc) is 2.67. The van der Waals surface area contributed by atoms with Crippen LogP contribution in [0.15, 0.2) is 54.6 Å². The zero-order valence-corrected chi connectivity index (χ0v) is 16.3. The normalized spacial score (nSPS) is 12.0. The van der Waals surface area contributed by atoms with Gasteiger partial charge in [0.25, 0.3) is 0 Å². The molecule has 0 N–H and O–H groups in total. The van der Waals surface area contributed by atoms with Gasteiger partial charge in [0.15, 0.2) is 0 Å². The Labute approximate surface area is 174 Å². The standard InChI is InChI=1S/C24H17F7/c1-2-3-14-4-6-15(7-5-14)16-10-21(27)23(22(28)11-16)17-12-19(25)18(20(26)13-17)8-9-24(29,30)31/h4-13H,2-3H2,1H3/b9-8+. The van der Waals surface area contributed by atoms with E-state index in [1.54, 1.807) is 12.1 Å². The zero-order valence-electron chi connectivity index (χ0n) is 16.3. The molecule has 0 amide bonds. The van der Waals surface area contributed by atoms with Gasteiger partial charge in [-0.1, -0.05) is 37.6 Å². The molecular weight excluding hydrogens is 421 g/mol. The second-order valence-corrected chi connectivity index (χ2v) is 6.99. The van der Waals surface area contributed by atoms with Crippen LogP contribution in [0.2, 0.25) is 0 Å². The van der Waals surface area contributed by atoms with Crippen LogP contribution in [0, 0.1) is 23.3 Å². The van der Waals surface area contributed by atoms with Crippen molar-refractivity contribution in [3.63, 3.8) is 0 Å². The third-order valence-corrected chi connectivity index (χ3v) is 4.67. The second-order valence-electron chi connectivity index (χ2n) is 6.99. The molecule has 0 unspecified atom stereocenters. The lowest BCUT2D eigenvalue weighted by Crippen LogP contribution is -2.01. The number of aryl methyl sites for hydroxylation is 1. The zero-order chi connectivity index (χ0) is 22.8. The van der Waals surface area contributed by atoms with Gasteiger partial charge in [-0.15, -0.1) is 0 Å². The number of alkyl halides is 3. The summed E-state index contributed by atoms with van der Waals surface area (Å²) in [6, 6.07) is 10.4. The van der Waals surface area contributed by atoms with Crippen molar-refractivity contribution in [3.8, 4) is 22.3 Å². The molecule has 0 radical (unpaired) electrons. The SMILES string of the molecule is CCCc1ccc(-c2cc(F)c(-c3cc(F)c(/C=C/C(F)(F)F)c(F)c3)c(F)c2)cc1. The van der Waals surface area contributed by atoms with Crippen molar-refractivity contribution in [2.24, 2.45) is 0 Å². The fourth-order valence-corrected chi connectivity index (χ4v) is 3.23. The molecule has 3 aromatic rings. The van der Waals surface area contributed by atoms with E-state index in [9.17, 15) is 30.7 Å². The summed E-state index contributed by atoms with van der Waals surface area (Å²) in [7, 11) is 0. The van der Waals surface area contributed by atoms with Gasteiger partial charge in [0.05, 0.1) is 5.56 Å². The van der Waals surface area contributed by atoms with Crippen molar-refractivity contribution in [1.29, 1.82) is 0 Å². The first kappa shape index (κ1) is 22.6. The minimum absolute atomic E-state index is 0.229. The summed E-state index contributed by atoms with van der Waals surface area (Å²) in [6.45, 7) is 2.03. The van der Waals surface area contributed by atoms with Crippen molar-refractivity contribution in [3.05, 3.63) is 89.0 Å². The summed E-state index contributed by atoms with van der Waals surface area (Å²) < 4.78 is 94.5. The van der Waals surface area contributed by atoms with Crippen LogP contribution in [0.4, 0.5) is 30.7 Å². The number of rotatable bonds is 5. The number of allylic oxidation sites excluding steroid dienone is 1. The lowest BCUT2D eigenvalue weighted by Gasteiger charge is -2.11. The fourth-order valence-electron chi connectivity index (χ4n) is 3.23. The molecule has 0 aliphatic carbocycles. The first-order valence-electron chi connectivity index (χ1n) is 9.42. The van der Waals surface area contributed by atoms with Crippen molar-refractivity contribution in [1.82, 2.24) is 0 Å². The molecule has 0 saturated heterocycles. The van der Waals surface area contributed by atoms with Gasteiger partial charge in [-0.25, -0.2) is 17.6 Å². The number of hydrogen-bond donors (Lipinski definition) is 0. The molecule has 0 spiro atoms. The van der Waals surface area contributed by atoms with E-state index in [4.69, 9.17) is 0 Å². The molecule has 0 aliphatic rings. The van der Waals surface area contributed by atoms with Gasteiger partial charge in [-0.3, -0.25) is 0 Å². The van der Waals surface area contributed by atoms with E-state index in [1.807, 2.05) is 19.1 Å². The van der Waals surface area contributed by atoms with Crippen LogP contribution >= 0.6 is 0 Å². The number of hydrogen-bond acceptors (Lipinski definition) is 0. The molecule has 31 heavy (non-hydrogen) atoms. The van der Waals surface area contributed by atoms with Crippen LogP contribution < -0.4 is 0 Å². The Balaban J connectivity index is 1.99. The predicted octanol–water partition coefficient (Wildman–Crippen LogP) is 8.11. The number of benzene rings is 3. The van der Waals surface area contributed by atoms with Gasteiger partial charge in [0.1, 0.15) is 23.3 Å². The summed E-state index contributed by atoms with van der Waals surface area (Å²) in [4.78, 5) is 0.